The van der Waals surface area contributed by atoms with Crippen molar-refractivity contribution >= 4 is 0 Å². The van der Waals surface area contributed by atoms with Crippen molar-refractivity contribution in [3.05, 3.63) is 0 Å². The van der Waals surface area contributed by atoms with Gasteiger partial charge in [-0.05, 0) is 41.5 Å². The fourth-order valence-corrected chi connectivity index (χ4v) is 2.56. The van der Waals surface area contributed by atoms with Crippen LogP contribution in [0.1, 0.15) is 13.3 Å². The van der Waals surface area contributed by atoms with Crippen molar-refractivity contribution in [2.45, 2.75) is 24.9 Å². The highest BCUT2D eigenvalue weighted by molar-refractivity contribution is 5.01. The van der Waals surface area contributed by atoms with E-state index in [9.17, 15) is 0 Å². The van der Waals surface area contributed by atoms with Crippen LogP contribution in [0.2, 0.25) is 0 Å². The highest BCUT2D eigenvalue weighted by Crippen LogP contribution is 2.29. The number of likely N-dealkylation sites (N-methyl/N-ethyl adjacent to an activating group) is 3. The van der Waals surface area contributed by atoms with E-state index in [0.717, 1.165) is 26.2 Å². The van der Waals surface area contributed by atoms with Gasteiger partial charge in [0.15, 0.2) is 0 Å². The van der Waals surface area contributed by atoms with Crippen molar-refractivity contribution in [2.24, 2.45) is 5.73 Å². The van der Waals surface area contributed by atoms with Gasteiger partial charge in [-0.25, -0.2) is 0 Å². The van der Waals surface area contributed by atoms with Gasteiger partial charge in [-0.15, -0.1) is 0 Å². The monoisotopic (exact) mass is 228 g/mol. The summed E-state index contributed by atoms with van der Waals surface area (Å²) in [6.07, 6.45) is 1.18. The lowest BCUT2D eigenvalue weighted by Gasteiger charge is -2.38. The molecular formula is C12H28N4. The predicted molar refractivity (Wildman–Crippen MR) is 69.7 cm³/mol. The van der Waals surface area contributed by atoms with Crippen LogP contribution in [0.5, 0.6) is 0 Å². The Balaban J connectivity index is 2.59. The maximum Gasteiger partial charge on any atom is 0.0470 e. The second-order valence-electron chi connectivity index (χ2n) is 5.62. The van der Waals surface area contributed by atoms with E-state index in [-0.39, 0.29) is 5.54 Å². The van der Waals surface area contributed by atoms with Gasteiger partial charge in [-0.3, -0.25) is 4.90 Å². The molecule has 1 heterocycles. The molecule has 0 aromatic heterocycles. The zero-order chi connectivity index (χ0) is 12.3. The Kier molecular flexibility index (Phi) is 4.73. The van der Waals surface area contributed by atoms with Crippen LogP contribution >= 0.6 is 0 Å². The zero-order valence-electron chi connectivity index (χ0n) is 11.5. The average Bonchev–Trinajstić information content (AvgIpc) is 2.52. The lowest BCUT2D eigenvalue weighted by molar-refractivity contribution is 0.123. The van der Waals surface area contributed by atoms with Gasteiger partial charge in [0.1, 0.15) is 0 Å². The Bertz CT molecular complexity index is 207. The summed E-state index contributed by atoms with van der Waals surface area (Å²) in [5.74, 6) is 0. The molecule has 0 radical (unpaired) electrons. The Hall–Kier alpha value is -0.160. The molecule has 1 saturated heterocycles. The summed E-state index contributed by atoms with van der Waals surface area (Å²) < 4.78 is 0. The van der Waals surface area contributed by atoms with E-state index in [0.29, 0.717) is 6.04 Å². The number of rotatable bonds is 5. The standard InChI is InChI=1S/C12H28N4/c1-11-8-12(9-13,10-15(11)4)16(5)7-6-14(2)3/h11H,6-10,13H2,1-5H3. The Labute approximate surface area is 100 Å². The highest BCUT2D eigenvalue weighted by Gasteiger charge is 2.42. The van der Waals surface area contributed by atoms with Crippen LogP contribution in [0.15, 0.2) is 0 Å². The largest absolute Gasteiger partial charge is 0.329 e. The molecule has 0 amide bonds. The van der Waals surface area contributed by atoms with Crippen LogP contribution in [0.25, 0.3) is 0 Å². The summed E-state index contributed by atoms with van der Waals surface area (Å²) >= 11 is 0. The maximum atomic E-state index is 6.02. The Morgan fingerprint density at radius 3 is 2.31 bits per heavy atom. The molecule has 0 spiro atoms. The van der Waals surface area contributed by atoms with Gasteiger partial charge in [0.25, 0.3) is 0 Å². The average molecular weight is 228 g/mol. The first-order chi connectivity index (χ1) is 7.41. The molecular weight excluding hydrogens is 200 g/mol. The molecule has 1 rings (SSSR count). The smallest absolute Gasteiger partial charge is 0.0470 e. The van der Waals surface area contributed by atoms with Crippen molar-refractivity contribution in [3.8, 4) is 0 Å². The third-order valence-electron chi connectivity index (χ3n) is 4.04. The van der Waals surface area contributed by atoms with Gasteiger partial charge in [0, 0.05) is 37.8 Å². The number of hydrogen-bond acceptors (Lipinski definition) is 4. The highest BCUT2D eigenvalue weighted by atomic mass is 15.3. The summed E-state index contributed by atoms with van der Waals surface area (Å²) in [6, 6.07) is 0.644. The first-order valence-electron chi connectivity index (χ1n) is 6.17. The van der Waals surface area contributed by atoms with Crippen LogP contribution < -0.4 is 5.73 Å². The minimum Gasteiger partial charge on any atom is -0.329 e. The molecule has 1 fully saturated rings. The van der Waals surface area contributed by atoms with Crippen LogP contribution in [-0.2, 0) is 0 Å². The third kappa shape index (κ3) is 2.94. The second-order valence-corrected chi connectivity index (χ2v) is 5.62. The molecule has 4 nitrogen and oxygen atoms in total. The van der Waals surface area contributed by atoms with Gasteiger partial charge in [-0.2, -0.15) is 0 Å². The van der Waals surface area contributed by atoms with Crippen LogP contribution in [0.4, 0.5) is 0 Å². The summed E-state index contributed by atoms with van der Waals surface area (Å²) in [5.41, 5.74) is 6.20. The van der Waals surface area contributed by atoms with E-state index < -0.39 is 0 Å². The molecule has 1 aliphatic heterocycles. The van der Waals surface area contributed by atoms with Crippen LogP contribution in [0, 0.1) is 0 Å². The molecule has 1 aliphatic rings. The third-order valence-corrected chi connectivity index (χ3v) is 4.04. The van der Waals surface area contributed by atoms with E-state index in [1.807, 2.05) is 0 Å². The second kappa shape index (κ2) is 5.45. The molecule has 96 valence electrons. The van der Waals surface area contributed by atoms with Crippen molar-refractivity contribution < 1.29 is 0 Å². The maximum absolute atomic E-state index is 6.02. The quantitative estimate of drug-likeness (QED) is 0.713. The summed E-state index contributed by atoms with van der Waals surface area (Å²) in [4.78, 5) is 7.09. The van der Waals surface area contributed by atoms with E-state index in [1.165, 1.54) is 6.42 Å². The van der Waals surface area contributed by atoms with Crippen molar-refractivity contribution in [1.82, 2.24) is 14.7 Å². The van der Waals surface area contributed by atoms with E-state index in [2.05, 4.69) is 49.8 Å². The number of hydrogen-bond donors (Lipinski definition) is 1. The fraction of sp³-hybridized carbons (Fsp3) is 1.00. The van der Waals surface area contributed by atoms with E-state index in [1.54, 1.807) is 0 Å². The van der Waals surface area contributed by atoms with E-state index in [4.69, 9.17) is 5.73 Å². The first kappa shape index (κ1) is 13.9. The molecule has 2 unspecified atom stereocenters. The van der Waals surface area contributed by atoms with Gasteiger partial charge < -0.3 is 15.5 Å². The van der Waals surface area contributed by atoms with Crippen LogP contribution in [0.3, 0.4) is 0 Å². The fourth-order valence-electron chi connectivity index (χ4n) is 2.56. The minimum atomic E-state index is 0.185. The number of nitrogens with zero attached hydrogens (tertiary/aromatic N) is 3. The summed E-state index contributed by atoms with van der Waals surface area (Å²) in [7, 11) is 8.64. The normalized spacial score (nSPS) is 31.9. The molecule has 16 heavy (non-hydrogen) atoms. The molecule has 0 aliphatic carbocycles. The van der Waals surface area contributed by atoms with Crippen molar-refractivity contribution in [3.63, 3.8) is 0 Å². The minimum absolute atomic E-state index is 0.185. The summed E-state index contributed by atoms with van der Waals surface area (Å²) in [5, 5.41) is 0. The molecule has 2 N–H and O–H groups in total. The van der Waals surface area contributed by atoms with Gasteiger partial charge in [0.2, 0.25) is 0 Å². The van der Waals surface area contributed by atoms with Crippen molar-refractivity contribution in [1.29, 1.82) is 0 Å². The van der Waals surface area contributed by atoms with Gasteiger partial charge in [-0.1, -0.05) is 0 Å². The SMILES string of the molecule is CC1CC(CN)(N(C)CCN(C)C)CN1C. The van der Waals surface area contributed by atoms with Gasteiger partial charge in [0.05, 0.1) is 0 Å². The van der Waals surface area contributed by atoms with Crippen molar-refractivity contribution in [2.75, 3.05) is 54.4 Å². The van der Waals surface area contributed by atoms with Crippen LogP contribution in [-0.4, -0.2) is 80.7 Å². The molecule has 2 atom stereocenters. The molecule has 0 aromatic rings. The molecule has 0 bridgehead atoms. The van der Waals surface area contributed by atoms with E-state index >= 15 is 0 Å². The first-order valence-corrected chi connectivity index (χ1v) is 6.17. The molecule has 0 saturated carbocycles. The zero-order valence-corrected chi connectivity index (χ0v) is 11.5. The topological polar surface area (TPSA) is 35.7 Å². The Morgan fingerprint density at radius 2 is 1.94 bits per heavy atom. The Morgan fingerprint density at radius 1 is 1.31 bits per heavy atom. The predicted octanol–water partition coefficient (Wildman–Crippen LogP) is -0.0987. The summed E-state index contributed by atoms with van der Waals surface area (Å²) in [6.45, 7) is 6.32. The molecule has 4 heteroatoms. The lowest BCUT2D eigenvalue weighted by Crippen LogP contribution is -2.55. The lowest BCUT2D eigenvalue weighted by atomic mass is 9.94. The number of nitrogens with two attached hydrogens (primary N) is 1. The molecule has 0 aromatic carbocycles. The number of likely N-dealkylation sites (tertiary alicyclic amines) is 1. The van der Waals surface area contributed by atoms with Gasteiger partial charge >= 0.3 is 0 Å².